The number of aromatic hydroxyl groups is 2. The maximum absolute atomic E-state index is 12.7. The van der Waals surface area contributed by atoms with Crippen molar-refractivity contribution >= 4 is 23.3 Å². The van der Waals surface area contributed by atoms with Gasteiger partial charge < -0.3 is 15.1 Å². The Morgan fingerprint density at radius 2 is 1.76 bits per heavy atom. The van der Waals surface area contributed by atoms with Gasteiger partial charge in [0.05, 0.1) is 10.6 Å². The zero-order valence-electron chi connectivity index (χ0n) is 14.4. The number of carbonyl (C=O) groups excluding carboxylic acids is 2. The van der Waals surface area contributed by atoms with E-state index in [4.69, 9.17) is 11.6 Å². The zero-order chi connectivity index (χ0) is 18.4. The van der Waals surface area contributed by atoms with Gasteiger partial charge in [-0.2, -0.15) is 0 Å². The first-order chi connectivity index (χ1) is 11.9. The van der Waals surface area contributed by atoms with Gasteiger partial charge in [0.2, 0.25) is 0 Å². The van der Waals surface area contributed by atoms with Gasteiger partial charge in [0.1, 0.15) is 17.3 Å². The van der Waals surface area contributed by atoms with Crippen molar-refractivity contribution in [3.63, 3.8) is 0 Å². The summed E-state index contributed by atoms with van der Waals surface area (Å²) in [5.41, 5.74) is 0.182. The Hall–Kier alpha value is -2.01. The van der Waals surface area contributed by atoms with Gasteiger partial charge >= 0.3 is 0 Å². The number of likely N-dealkylation sites (N-methyl/N-ethyl adjacent to an activating group) is 1. The number of carbonyl (C=O) groups is 2. The molecule has 2 rings (SSSR count). The Balaban J connectivity index is 2.42. The summed E-state index contributed by atoms with van der Waals surface area (Å²) < 4.78 is 0. The monoisotopic (exact) mass is 365 g/mol. The molecule has 6 heteroatoms. The fourth-order valence-corrected chi connectivity index (χ4v) is 3.15. The molecule has 1 aromatic rings. The first-order valence-electron chi connectivity index (χ1n) is 8.57. The summed E-state index contributed by atoms with van der Waals surface area (Å²) >= 11 is 6.14. The Morgan fingerprint density at radius 3 is 2.52 bits per heavy atom. The summed E-state index contributed by atoms with van der Waals surface area (Å²) in [4.78, 5) is 26.5. The number of phenols is 2. The number of fused-ring (bicyclic) bond motifs is 1. The molecule has 1 amide bonds. The van der Waals surface area contributed by atoms with Crippen molar-refractivity contribution in [3.8, 4) is 11.5 Å². The highest BCUT2D eigenvalue weighted by Gasteiger charge is 2.25. The minimum atomic E-state index is -0.429. The maximum Gasteiger partial charge on any atom is 0.257 e. The molecule has 0 saturated carbocycles. The molecule has 2 N–H and O–H groups in total. The van der Waals surface area contributed by atoms with E-state index in [2.05, 4.69) is 0 Å². The van der Waals surface area contributed by atoms with Gasteiger partial charge in [-0.25, -0.2) is 0 Å². The van der Waals surface area contributed by atoms with E-state index in [1.165, 1.54) is 4.90 Å². The van der Waals surface area contributed by atoms with E-state index < -0.39 is 5.91 Å². The zero-order valence-corrected chi connectivity index (χ0v) is 15.2. The Kier molecular flexibility index (Phi) is 6.88. The molecule has 136 valence electrons. The van der Waals surface area contributed by atoms with Crippen LogP contribution in [0.15, 0.2) is 18.2 Å². The summed E-state index contributed by atoms with van der Waals surface area (Å²) in [5, 5.41) is 20.0. The fraction of sp³-hybridized carbons (Fsp3) is 0.474. The highest BCUT2D eigenvalue weighted by molar-refractivity contribution is 6.33. The molecule has 1 aliphatic heterocycles. The van der Waals surface area contributed by atoms with Crippen molar-refractivity contribution in [1.29, 1.82) is 0 Å². The lowest BCUT2D eigenvalue weighted by atomic mass is 9.97. The second-order valence-electron chi connectivity index (χ2n) is 6.41. The molecule has 0 fully saturated rings. The maximum atomic E-state index is 12.7. The Morgan fingerprint density at radius 1 is 1.04 bits per heavy atom. The first-order valence-corrected chi connectivity index (χ1v) is 8.95. The normalized spacial score (nSPS) is 19.0. The van der Waals surface area contributed by atoms with Crippen LogP contribution in [0.3, 0.4) is 0 Å². The molecule has 5 nitrogen and oxygen atoms in total. The predicted molar refractivity (Wildman–Crippen MR) is 97.3 cm³/mol. The molecule has 0 bridgehead atoms. The third-order valence-electron chi connectivity index (χ3n) is 4.38. The lowest BCUT2D eigenvalue weighted by Gasteiger charge is -2.19. The Labute approximate surface area is 152 Å². The molecular weight excluding hydrogens is 342 g/mol. The van der Waals surface area contributed by atoms with Crippen LogP contribution >= 0.6 is 11.6 Å². The largest absolute Gasteiger partial charge is 0.507 e. The van der Waals surface area contributed by atoms with Crippen molar-refractivity contribution in [2.45, 2.75) is 44.9 Å². The van der Waals surface area contributed by atoms with Gasteiger partial charge in [-0.1, -0.05) is 36.6 Å². The van der Waals surface area contributed by atoms with Gasteiger partial charge in [-0.15, -0.1) is 0 Å². The summed E-state index contributed by atoms with van der Waals surface area (Å²) in [6, 6.07) is 1.04. The number of nitrogens with zero attached hydrogens (tertiary/aromatic N) is 1. The number of rotatable bonds is 0. The molecule has 0 saturated heterocycles. The molecule has 0 aromatic heterocycles. The average Bonchev–Trinajstić information content (AvgIpc) is 2.57. The number of ketones is 1. The predicted octanol–water partition coefficient (Wildman–Crippen LogP) is 3.85. The standard InChI is InChI=1S/C19H24ClNO4/c1-21-10-8-6-4-2-3-5-7-9-13(22)11-14-17(19(21)25)15(23)12-16(24)18(14)20/h6,8,12,23-24H,2-5,7,9-11H2,1H3/b8-6+. The first kappa shape index (κ1) is 19.3. The van der Waals surface area contributed by atoms with Gasteiger partial charge in [-0.05, 0) is 24.8 Å². The lowest BCUT2D eigenvalue weighted by Crippen LogP contribution is -2.28. The molecule has 1 aromatic carbocycles. The topological polar surface area (TPSA) is 77.8 Å². The Bertz CT molecular complexity index is 684. The van der Waals surface area contributed by atoms with Crippen LogP contribution < -0.4 is 0 Å². The summed E-state index contributed by atoms with van der Waals surface area (Å²) in [6.45, 7) is 0.393. The van der Waals surface area contributed by atoms with Crippen molar-refractivity contribution in [2.75, 3.05) is 13.6 Å². The summed E-state index contributed by atoms with van der Waals surface area (Å²) in [5.74, 6) is -1.19. The van der Waals surface area contributed by atoms with Gasteiger partial charge in [0, 0.05) is 32.5 Å². The highest BCUT2D eigenvalue weighted by Crippen LogP contribution is 2.37. The number of benzene rings is 1. The number of halogens is 1. The molecular formula is C19H24ClNO4. The molecule has 1 aliphatic rings. The van der Waals surface area contributed by atoms with Crippen LogP contribution in [-0.4, -0.2) is 40.4 Å². The van der Waals surface area contributed by atoms with E-state index in [0.717, 1.165) is 38.2 Å². The number of amides is 1. The van der Waals surface area contributed by atoms with E-state index in [1.807, 2.05) is 12.2 Å². The van der Waals surface area contributed by atoms with Crippen LogP contribution in [0, 0.1) is 0 Å². The van der Waals surface area contributed by atoms with Crippen molar-refractivity contribution in [3.05, 3.63) is 34.4 Å². The van der Waals surface area contributed by atoms with Crippen LogP contribution in [0.5, 0.6) is 11.5 Å². The van der Waals surface area contributed by atoms with Crippen LogP contribution in [0.25, 0.3) is 0 Å². The number of Topliss-reactive ketones (excluding diaryl/α,β-unsaturated/α-hetero) is 1. The van der Waals surface area contributed by atoms with E-state index in [-0.39, 0.29) is 39.9 Å². The molecule has 0 spiro atoms. The number of phenolic OH excluding ortho intramolecular Hbond substituents is 2. The van der Waals surface area contributed by atoms with E-state index >= 15 is 0 Å². The molecule has 0 unspecified atom stereocenters. The van der Waals surface area contributed by atoms with Crippen LogP contribution in [0.2, 0.25) is 5.02 Å². The third-order valence-corrected chi connectivity index (χ3v) is 4.80. The quantitative estimate of drug-likeness (QED) is 0.684. The second kappa shape index (κ2) is 8.90. The molecule has 1 heterocycles. The average molecular weight is 366 g/mol. The minimum Gasteiger partial charge on any atom is -0.507 e. The fourth-order valence-electron chi connectivity index (χ4n) is 2.94. The van der Waals surface area contributed by atoms with Gasteiger partial charge in [-0.3, -0.25) is 9.59 Å². The number of hydrogen-bond acceptors (Lipinski definition) is 4. The summed E-state index contributed by atoms with van der Waals surface area (Å²) in [6.07, 6.45) is 9.10. The van der Waals surface area contributed by atoms with E-state index in [1.54, 1.807) is 7.05 Å². The van der Waals surface area contributed by atoms with Crippen molar-refractivity contribution < 1.29 is 19.8 Å². The summed E-state index contributed by atoms with van der Waals surface area (Å²) in [7, 11) is 1.62. The van der Waals surface area contributed by atoms with E-state index in [0.29, 0.717) is 13.0 Å². The van der Waals surface area contributed by atoms with Crippen LogP contribution in [0.4, 0.5) is 0 Å². The molecule has 25 heavy (non-hydrogen) atoms. The number of allylic oxidation sites excluding steroid dienone is 1. The van der Waals surface area contributed by atoms with Crippen molar-refractivity contribution in [1.82, 2.24) is 4.90 Å². The van der Waals surface area contributed by atoms with E-state index in [9.17, 15) is 19.8 Å². The molecule has 0 aliphatic carbocycles. The third kappa shape index (κ3) is 4.98. The van der Waals surface area contributed by atoms with Crippen LogP contribution in [-0.2, 0) is 11.2 Å². The molecule has 0 atom stereocenters. The van der Waals surface area contributed by atoms with Crippen LogP contribution in [0.1, 0.15) is 54.4 Å². The van der Waals surface area contributed by atoms with Crippen molar-refractivity contribution in [2.24, 2.45) is 0 Å². The lowest BCUT2D eigenvalue weighted by molar-refractivity contribution is -0.118. The van der Waals surface area contributed by atoms with Gasteiger partial charge in [0.15, 0.2) is 0 Å². The SMILES string of the molecule is CN1C/C=C/CCCCCCC(=O)Cc2c(Cl)c(O)cc(O)c2C1=O. The second-order valence-corrected chi connectivity index (χ2v) is 6.79. The highest BCUT2D eigenvalue weighted by atomic mass is 35.5. The smallest absolute Gasteiger partial charge is 0.257 e. The number of hydrogen-bond donors (Lipinski definition) is 2. The van der Waals surface area contributed by atoms with Gasteiger partial charge in [0.25, 0.3) is 5.91 Å². The molecule has 0 radical (unpaired) electrons. The minimum absolute atomic E-state index is 0.0121.